The van der Waals surface area contributed by atoms with E-state index in [0.717, 1.165) is 103 Å². The first-order valence-electron chi connectivity index (χ1n) is 29.8. The van der Waals surface area contributed by atoms with E-state index in [0.29, 0.717) is 12.8 Å². The van der Waals surface area contributed by atoms with E-state index in [9.17, 15) is 14.7 Å². The first-order chi connectivity index (χ1) is 34.6. The number of allylic oxidation sites excluding steroid dienone is 16. The summed E-state index contributed by atoms with van der Waals surface area (Å²) in [6.07, 6.45) is 85.6. The van der Waals surface area contributed by atoms with Gasteiger partial charge in [-0.2, -0.15) is 0 Å². The molecule has 0 aliphatic carbocycles. The second kappa shape index (κ2) is 60.1. The molecule has 0 aliphatic heterocycles. The van der Waals surface area contributed by atoms with E-state index < -0.39 is 6.10 Å². The Labute approximate surface area is 434 Å². The molecule has 1 atom stereocenters. The predicted molar refractivity (Wildman–Crippen MR) is 306 cm³/mol. The largest absolute Gasteiger partial charge is 0.462 e. The number of carbonyl (C=O) groups is 2. The van der Waals surface area contributed by atoms with Gasteiger partial charge in [0.1, 0.15) is 6.61 Å². The van der Waals surface area contributed by atoms with Crippen molar-refractivity contribution in [3.63, 3.8) is 0 Å². The fraction of sp³-hybridized carbons (Fsp3) is 0.723. The van der Waals surface area contributed by atoms with Crippen molar-refractivity contribution in [2.24, 2.45) is 0 Å². The zero-order valence-corrected chi connectivity index (χ0v) is 46.0. The molecule has 0 saturated heterocycles. The summed E-state index contributed by atoms with van der Waals surface area (Å²) in [7, 11) is 0. The minimum absolute atomic E-state index is 0.0796. The predicted octanol–water partition coefficient (Wildman–Crippen LogP) is 20.3. The van der Waals surface area contributed by atoms with Crippen LogP contribution in [-0.4, -0.2) is 36.4 Å². The van der Waals surface area contributed by atoms with Crippen molar-refractivity contribution in [2.75, 3.05) is 13.2 Å². The van der Waals surface area contributed by atoms with Crippen molar-refractivity contribution < 1.29 is 24.2 Å². The molecule has 5 nitrogen and oxygen atoms in total. The van der Waals surface area contributed by atoms with Crippen molar-refractivity contribution >= 4 is 11.9 Å². The summed E-state index contributed by atoms with van der Waals surface area (Å²) in [4.78, 5) is 24.5. The van der Waals surface area contributed by atoms with Crippen molar-refractivity contribution in [1.29, 1.82) is 0 Å². The maximum Gasteiger partial charge on any atom is 0.306 e. The lowest BCUT2D eigenvalue weighted by Crippen LogP contribution is -2.28. The van der Waals surface area contributed by atoms with Crippen LogP contribution in [0.25, 0.3) is 0 Å². The van der Waals surface area contributed by atoms with Crippen LogP contribution >= 0.6 is 0 Å². The fourth-order valence-corrected chi connectivity index (χ4v) is 8.48. The lowest BCUT2D eigenvalue weighted by atomic mass is 10.0. The van der Waals surface area contributed by atoms with Gasteiger partial charge in [0.25, 0.3) is 0 Å². The average molecular weight is 974 g/mol. The molecule has 0 saturated carbocycles. The van der Waals surface area contributed by atoms with E-state index in [2.05, 4.69) is 111 Å². The number of aliphatic hydroxyl groups excluding tert-OH is 1. The number of carbonyl (C=O) groups excluding carboxylic acids is 2. The third-order valence-corrected chi connectivity index (χ3v) is 12.9. The second-order valence-corrected chi connectivity index (χ2v) is 19.7. The number of aliphatic hydroxyl groups is 1. The molecule has 0 aromatic rings. The van der Waals surface area contributed by atoms with Crippen LogP contribution in [0.1, 0.15) is 284 Å². The average Bonchev–Trinajstić information content (AvgIpc) is 3.36. The summed E-state index contributed by atoms with van der Waals surface area (Å²) in [5.41, 5.74) is 0. The number of esters is 2. The molecule has 0 aliphatic rings. The number of hydrogen-bond donors (Lipinski definition) is 1. The van der Waals surface area contributed by atoms with Gasteiger partial charge in [-0.05, 0) is 89.9 Å². The molecule has 5 heteroatoms. The van der Waals surface area contributed by atoms with Gasteiger partial charge in [0.05, 0.1) is 6.61 Å². The van der Waals surface area contributed by atoms with Crippen LogP contribution < -0.4 is 0 Å². The molecule has 0 aromatic carbocycles. The van der Waals surface area contributed by atoms with Crippen molar-refractivity contribution in [2.45, 2.75) is 290 Å². The van der Waals surface area contributed by atoms with Gasteiger partial charge in [0.15, 0.2) is 6.10 Å². The van der Waals surface area contributed by atoms with Crippen molar-refractivity contribution in [3.8, 4) is 0 Å². The zero-order valence-electron chi connectivity index (χ0n) is 46.0. The first-order valence-corrected chi connectivity index (χ1v) is 29.8. The summed E-state index contributed by atoms with van der Waals surface area (Å²) in [5, 5.41) is 9.64. The lowest BCUT2D eigenvalue weighted by molar-refractivity contribution is -0.161. The van der Waals surface area contributed by atoms with E-state index in [1.807, 2.05) is 0 Å². The maximum atomic E-state index is 12.3. The van der Waals surface area contributed by atoms with Gasteiger partial charge < -0.3 is 14.6 Å². The highest BCUT2D eigenvalue weighted by Crippen LogP contribution is 2.17. The van der Waals surface area contributed by atoms with Crippen LogP contribution in [0.4, 0.5) is 0 Å². The molecule has 0 aromatic heterocycles. The maximum absolute atomic E-state index is 12.3. The Morgan fingerprint density at radius 1 is 0.329 bits per heavy atom. The van der Waals surface area contributed by atoms with Gasteiger partial charge in [-0.3, -0.25) is 9.59 Å². The lowest BCUT2D eigenvalue weighted by Gasteiger charge is -2.15. The van der Waals surface area contributed by atoms with E-state index in [-0.39, 0.29) is 25.2 Å². The van der Waals surface area contributed by atoms with Gasteiger partial charge in [-0.15, -0.1) is 0 Å². The van der Waals surface area contributed by atoms with Gasteiger partial charge in [0.2, 0.25) is 0 Å². The van der Waals surface area contributed by atoms with E-state index in [4.69, 9.17) is 9.47 Å². The molecule has 402 valence electrons. The van der Waals surface area contributed by atoms with Crippen LogP contribution in [0, 0.1) is 0 Å². The fourth-order valence-electron chi connectivity index (χ4n) is 8.48. The Balaban J connectivity index is 3.42. The quantitative estimate of drug-likeness (QED) is 0.0373. The van der Waals surface area contributed by atoms with E-state index >= 15 is 0 Å². The van der Waals surface area contributed by atoms with Gasteiger partial charge in [-0.1, -0.05) is 278 Å². The third-order valence-electron chi connectivity index (χ3n) is 12.9. The molecule has 1 N–H and O–H groups in total. The number of rotatable bonds is 54. The molecule has 0 fully saturated rings. The summed E-state index contributed by atoms with van der Waals surface area (Å²) in [6.45, 7) is 3.91. The Kier molecular flexibility index (Phi) is 57.4. The number of hydrogen-bond acceptors (Lipinski definition) is 5. The SMILES string of the molecule is CC/C=C\C/C=C\C/C=C\C/C=C\CCCCCCCCCCCCCCCCCCCCCCCCCCCCC(=O)OC(CO)COC(=O)CCCCCC/C=C\C/C=C\C/C=C\C/C=C\CC. The smallest absolute Gasteiger partial charge is 0.306 e. The Bertz CT molecular complexity index is 1330. The molecule has 0 heterocycles. The highest BCUT2D eigenvalue weighted by Gasteiger charge is 2.16. The Hall–Kier alpha value is -3.18. The first kappa shape index (κ1) is 66.8. The van der Waals surface area contributed by atoms with E-state index in [1.54, 1.807) is 0 Å². The minimum Gasteiger partial charge on any atom is -0.462 e. The molecule has 0 bridgehead atoms. The molecular weight excluding hydrogens is 861 g/mol. The highest BCUT2D eigenvalue weighted by molar-refractivity contribution is 5.70. The Morgan fingerprint density at radius 3 is 0.857 bits per heavy atom. The number of unbranched alkanes of at least 4 members (excludes halogenated alkanes) is 30. The zero-order chi connectivity index (χ0) is 50.6. The minimum atomic E-state index is -0.785. The molecule has 0 amide bonds. The van der Waals surface area contributed by atoms with Crippen molar-refractivity contribution in [1.82, 2.24) is 0 Å². The van der Waals surface area contributed by atoms with Gasteiger partial charge in [-0.25, -0.2) is 0 Å². The third kappa shape index (κ3) is 57.4. The normalized spacial score (nSPS) is 12.9. The molecule has 70 heavy (non-hydrogen) atoms. The summed E-state index contributed by atoms with van der Waals surface area (Å²) in [6, 6.07) is 0. The molecule has 0 spiro atoms. The molecule has 1 unspecified atom stereocenters. The topological polar surface area (TPSA) is 72.8 Å². The van der Waals surface area contributed by atoms with Gasteiger partial charge in [0, 0.05) is 12.8 Å². The summed E-state index contributed by atoms with van der Waals surface area (Å²) in [5.74, 6) is -0.612. The van der Waals surface area contributed by atoms with Crippen LogP contribution in [-0.2, 0) is 19.1 Å². The highest BCUT2D eigenvalue weighted by atomic mass is 16.6. The summed E-state index contributed by atoms with van der Waals surface area (Å²) < 4.78 is 10.7. The van der Waals surface area contributed by atoms with Crippen molar-refractivity contribution in [3.05, 3.63) is 97.2 Å². The number of ether oxygens (including phenoxy) is 2. The van der Waals surface area contributed by atoms with Crippen LogP contribution in [0.3, 0.4) is 0 Å². The summed E-state index contributed by atoms with van der Waals surface area (Å²) >= 11 is 0. The van der Waals surface area contributed by atoms with Crippen LogP contribution in [0.2, 0.25) is 0 Å². The molecule has 0 rings (SSSR count). The second-order valence-electron chi connectivity index (χ2n) is 19.7. The Morgan fingerprint density at radius 2 is 0.571 bits per heavy atom. The molecular formula is C65H112O5. The molecule has 0 radical (unpaired) electrons. The van der Waals surface area contributed by atoms with E-state index in [1.165, 1.54) is 154 Å². The standard InChI is InChI=1S/C65H112O5/c1-3-5-7-9-11-13-15-17-19-21-22-23-24-25-26-27-28-29-30-31-32-33-34-35-36-37-38-39-40-41-42-44-46-48-50-52-54-56-58-60-65(68)70-63(61-66)62-69-64(67)59-57-55-53-51-49-47-45-43-20-18-16-14-12-10-8-6-4-2/h5-8,11-14,17-20,22-23,45,47,63,66H,3-4,9-10,15-16,21,24-44,46,48-62H2,1-2H3/b7-5-,8-6-,13-11-,14-12-,19-17-,20-18-,23-22-,47-45-. The monoisotopic (exact) mass is 973 g/mol. The van der Waals surface area contributed by atoms with Crippen LogP contribution in [0.15, 0.2) is 97.2 Å². The van der Waals surface area contributed by atoms with Gasteiger partial charge >= 0.3 is 11.9 Å². The van der Waals surface area contributed by atoms with Crippen LogP contribution in [0.5, 0.6) is 0 Å².